The Labute approximate surface area is 112 Å². The molecule has 17 heavy (non-hydrogen) atoms. The maximum Gasteiger partial charge on any atom is 0.352 e. The highest BCUT2D eigenvalue weighted by molar-refractivity contribution is 8.00. The first-order valence-electron chi connectivity index (χ1n) is 4.70. The molecule has 0 saturated heterocycles. The number of aromatic nitrogens is 1. The number of nitrogens with one attached hydrogen (secondary N) is 1. The van der Waals surface area contributed by atoms with Gasteiger partial charge >= 0.3 is 5.97 Å². The number of anilines is 1. The Kier molecular flexibility index (Phi) is 5.73. The summed E-state index contributed by atoms with van der Waals surface area (Å²) < 4.78 is 5.56. The van der Waals surface area contributed by atoms with Gasteiger partial charge in [0.05, 0.1) is 6.61 Å². The summed E-state index contributed by atoms with van der Waals surface area (Å²) in [5, 5.41) is 2.47. The SMILES string of the molecule is CCOC(=O)c1sc(SC)nc1NC(=O)CCl. The number of hydrogen-bond donors (Lipinski definition) is 1. The Bertz CT molecular complexity index is 422. The van der Waals surface area contributed by atoms with Gasteiger partial charge in [0.15, 0.2) is 15.0 Å². The van der Waals surface area contributed by atoms with Gasteiger partial charge in [0.2, 0.25) is 5.91 Å². The summed E-state index contributed by atoms with van der Waals surface area (Å²) in [5.41, 5.74) is 0. The van der Waals surface area contributed by atoms with Crippen molar-refractivity contribution in [3.8, 4) is 0 Å². The van der Waals surface area contributed by atoms with Gasteiger partial charge in [0.25, 0.3) is 0 Å². The molecule has 5 nitrogen and oxygen atoms in total. The van der Waals surface area contributed by atoms with E-state index >= 15 is 0 Å². The van der Waals surface area contributed by atoms with Crippen molar-refractivity contribution in [1.29, 1.82) is 0 Å². The first kappa shape index (κ1) is 14.3. The topological polar surface area (TPSA) is 68.3 Å². The van der Waals surface area contributed by atoms with E-state index in [1.807, 2.05) is 6.26 Å². The van der Waals surface area contributed by atoms with Crippen LogP contribution in [-0.4, -0.2) is 35.6 Å². The molecule has 0 bridgehead atoms. The normalized spacial score (nSPS) is 10.1. The summed E-state index contributed by atoms with van der Waals surface area (Å²) in [4.78, 5) is 27.2. The van der Waals surface area contributed by atoms with Gasteiger partial charge in [-0.15, -0.1) is 11.6 Å². The van der Waals surface area contributed by atoms with E-state index in [9.17, 15) is 9.59 Å². The number of thioether (sulfide) groups is 1. The van der Waals surface area contributed by atoms with Crippen LogP contribution in [0, 0.1) is 0 Å². The third-order valence-corrected chi connectivity index (χ3v) is 3.89. The summed E-state index contributed by atoms with van der Waals surface area (Å²) in [6.07, 6.45) is 1.83. The van der Waals surface area contributed by atoms with Gasteiger partial charge in [0.1, 0.15) is 5.88 Å². The molecular weight excluding hydrogens is 284 g/mol. The zero-order valence-corrected chi connectivity index (χ0v) is 11.7. The average molecular weight is 295 g/mol. The van der Waals surface area contributed by atoms with Crippen LogP contribution in [0.5, 0.6) is 0 Å². The maximum atomic E-state index is 11.6. The zero-order valence-electron chi connectivity index (χ0n) is 9.28. The number of thiazole rings is 1. The van der Waals surface area contributed by atoms with E-state index in [1.54, 1.807) is 6.92 Å². The van der Waals surface area contributed by atoms with E-state index in [0.29, 0.717) is 4.34 Å². The van der Waals surface area contributed by atoms with Crippen LogP contribution in [0.1, 0.15) is 16.6 Å². The molecule has 1 heterocycles. The predicted octanol–water partition coefficient (Wildman–Crippen LogP) is 2.22. The van der Waals surface area contributed by atoms with Gasteiger partial charge in [0, 0.05) is 0 Å². The third-order valence-electron chi connectivity index (χ3n) is 1.62. The molecule has 1 aromatic rings. The summed E-state index contributed by atoms with van der Waals surface area (Å²) in [7, 11) is 0. The minimum absolute atomic E-state index is 0.186. The van der Waals surface area contributed by atoms with Gasteiger partial charge in [-0.3, -0.25) is 4.79 Å². The van der Waals surface area contributed by atoms with E-state index in [2.05, 4.69) is 10.3 Å². The fourth-order valence-corrected chi connectivity index (χ4v) is 2.45. The van der Waals surface area contributed by atoms with Crippen molar-refractivity contribution in [2.75, 3.05) is 24.1 Å². The lowest BCUT2D eigenvalue weighted by atomic mass is 10.5. The molecule has 94 valence electrons. The van der Waals surface area contributed by atoms with Crippen LogP contribution < -0.4 is 5.32 Å². The fourth-order valence-electron chi connectivity index (χ4n) is 0.973. The minimum Gasteiger partial charge on any atom is -0.462 e. The molecule has 0 aromatic carbocycles. The Morgan fingerprint density at radius 3 is 2.82 bits per heavy atom. The minimum atomic E-state index is -0.491. The highest BCUT2D eigenvalue weighted by Crippen LogP contribution is 2.29. The number of carbonyl (C=O) groups excluding carboxylic acids is 2. The smallest absolute Gasteiger partial charge is 0.352 e. The highest BCUT2D eigenvalue weighted by Gasteiger charge is 2.20. The van der Waals surface area contributed by atoms with Crippen LogP contribution in [0.15, 0.2) is 4.34 Å². The zero-order chi connectivity index (χ0) is 12.8. The lowest BCUT2D eigenvalue weighted by molar-refractivity contribution is -0.113. The monoisotopic (exact) mass is 294 g/mol. The molecule has 0 spiro atoms. The number of hydrogen-bond acceptors (Lipinski definition) is 6. The van der Waals surface area contributed by atoms with Crippen molar-refractivity contribution in [2.45, 2.75) is 11.3 Å². The van der Waals surface area contributed by atoms with Crippen molar-refractivity contribution in [3.05, 3.63) is 4.88 Å². The Balaban J connectivity index is 2.96. The first-order chi connectivity index (χ1) is 8.12. The lowest BCUT2D eigenvalue weighted by Crippen LogP contribution is -2.15. The number of alkyl halides is 1. The van der Waals surface area contributed by atoms with Gasteiger partial charge in [-0.05, 0) is 13.2 Å². The fraction of sp³-hybridized carbons (Fsp3) is 0.444. The summed E-state index contributed by atoms with van der Waals surface area (Å²) in [6, 6.07) is 0. The van der Waals surface area contributed by atoms with Crippen LogP contribution in [0.2, 0.25) is 0 Å². The molecule has 1 rings (SSSR count). The van der Waals surface area contributed by atoms with Crippen molar-refractivity contribution in [3.63, 3.8) is 0 Å². The second kappa shape index (κ2) is 6.83. The maximum absolute atomic E-state index is 11.6. The largest absolute Gasteiger partial charge is 0.462 e. The van der Waals surface area contributed by atoms with Gasteiger partial charge < -0.3 is 10.1 Å². The Morgan fingerprint density at radius 2 is 2.29 bits per heavy atom. The molecule has 0 fully saturated rings. The second-order valence-corrected chi connectivity index (χ2v) is 5.08. The van der Waals surface area contributed by atoms with E-state index in [0.717, 1.165) is 0 Å². The quantitative estimate of drug-likeness (QED) is 0.512. The summed E-state index contributed by atoms with van der Waals surface area (Å²) in [6.45, 7) is 1.99. The number of halogens is 1. The number of ether oxygens (including phenoxy) is 1. The molecule has 8 heteroatoms. The van der Waals surface area contributed by atoms with Crippen molar-refractivity contribution in [2.24, 2.45) is 0 Å². The number of carbonyl (C=O) groups is 2. The molecule has 1 amide bonds. The standard InChI is InChI=1S/C9H11ClN2O3S2/c1-3-15-8(14)6-7(11-5(13)4-10)12-9(16-2)17-6/h3-4H2,1-2H3,(H,11,13). The number of amides is 1. The molecule has 0 aliphatic rings. The first-order valence-corrected chi connectivity index (χ1v) is 7.27. The van der Waals surface area contributed by atoms with Crippen molar-refractivity contribution >= 4 is 52.4 Å². The third kappa shape index (κ3) is 3.86. The number of rotatable bonds is 5. The van der Waals surface area contributed by atoms with Crippen LogP contribution >= 0.6 is 34.7 Å². The van der Waals surface area contributed by atoms with Crippen molar-refractivity contribution in [1.82, 2.24) is 4.98 Å². The van der Waals surface area contributed by atoms with E-state index < -0.39 is 11.9 Å². The Morgan fingerprint density at radius 1 is 1.59 bits per heavy atom. The van der Waals surface area contributed by atoms with Crippen LogP contribution in [0.25, 0.3) is 0 Å². The second-order valence-electron chi connectivity index (χ2n) is 2.76. The molecule has 0 aliphatic carbocycles. The van der Waals surface area contributed by atoms with Gasteiger partial charge in [-0.1, -0.05) is 23.1 Å². The van der Waals surface area contributed by atoms with E-state index in [-0.39, 0.29) is 23.2 Å². The highest BCUT2D eigenvalue weighted by atomic mass is 35.5. The molecule has 0 saturated carbocycles. The molecule has 0 atom stereocenters. The number of nitrogens with zero attached hydrogens (tertiary/aromatic N) is 1. The number of esters is 1. The molecule has 1 N–H and O–H groups in total. The van der Waals surface area contributed by atoms with Crippen LogP contribution in [0.3, 0.4) is 0 Å². The van der Waals surface area contributed by atoms with Crippen LogP contribution in [-0.2, 0) is 9.53 Å². The molecule has 1 aromatic heterocycles. The summed E-state index contributed by atoms with van der Waals surface area (Å²) >= 11 is 7.95. The predicted molar refractivity (Wildman–Crippen MR) is 69.2 cm³/mol. The van der Waals surface area contributed by atoms with Crippen molar-refractivity contribution < 1.29 is 14.3 Å². The van der Waals surface area contributed by atoms with Gasteiger partial charge in [-0.25, -0.2) is 9.78 Å². The Hall–Kier alpha value is -0.790. The van der Waals surface area contributed by atoms with E-state index in [4.69, 9.17) is 16.3 Å². The molecular formula is C9H11ClN2O3S2. The summed E-state index contributed by atoms with van der Waals surface area (Å²) in [5.74, 6) is -0.872. The molecule has 0 unspecified atom stereocenters. The van der Waals surface area contributed by atoms with E-state index in [1.165, 1.54) is 23.1 Å². The molecule has 0 radical (unpaired) electrons. The van der Waals surface area contributed by atoms with Gasteiger partial charge in [-0.2, -0.15) is 0 Å². The average Bonchev–Trinajstić information content (AvgIpc) is 2.72. The molecule has 0 aliphatic heterocycles. The lowest BCUT2D eigenvalue weighted by Gasteiger charge is -2.02. The van der Waals surface area contributed by atoms with Crippen LogP contribution in [0.4, 0.5) is 5.82 Å².